The number of nitrogens with two attached hydrogens (primary N) is 1. The van der Waals surface area contributed by atoms with Crippen molar-refractivity contribution in [3.63, 3.8) is 0 Å². The van der Waals surface area contributed by atoms with E-state index in [1.54, 1.807) is 0 Å². The van der Waals surface area contributed by atoms with E-state index < -0.39 is 24.3 Å². The maximum absolute atomic E-state index is 13.5. The summed E-state index contributed by atoms with van der Waals surface area (Å²) in [6.07, 6.45) is 0. The molecule has 0 saturated carbocycles. The smallest absolute Gasteiger partial charge is 0.261 e. The number of hydrogen-bond acceptors (Lipinski definition) is 5. The summed E-state index contributed by atoms with van der Waals surface area (Å²) in [5.41, 5.74) is 5.23. The van der Waals surface area contributed by atoms with Crippen LogP contribution in [0.4, 0.5) is 8.78 Å². The quantitative estimate of drug-likeness (QED) is 0.832. The van der Waals surface area contributed by atoms with Crippen molar-refractivity contribution in [3.8, 4) is 11.5 Å². The van der Waals surface area contributed by atoms with Gasteiger partial charge in [-0.2, -0.15) is 4.98 Å². The molecule has 0 amide bonds. The van der Waals surface area contributed by atoms with Gasteiger partial charge in [-0.05, 0) is 12.1 Å². The molecule has 1 heterocycles. The molecule has 1 unspecified atom stereocenters. The van der Waals surface area contributed by atoms with Crippen LogP contribution in [-0.2, 0) is 0 Å². The standard InChI is InChI=1S/C10H8ClF2N3O2/c11-5-2-6(12)4(1-7(5)13)10-15-9(16-18-10)8(14)3-17/h1-2,8,17H,3,14H2. The molecular formula is C10H8ClF2N3O2. The van der Waals surface area contributed by atoms with Gasteiger partial charge in [-0.1, -0.05) is 16.8 Å². The number of aromatic nitrogens is 2. The minimum Gasteiger partial charge on any atom is -0.394 e. The van der Waals surface area contributed by atoms with Crippen molar-refractivity contribution in [3.05, 3.63) is 34.6 Å². The highest BCUT2D eigenvalue weighted by Gasteiger charge is 2.18. The molecule has 5 nitrogen and oxygen atoms in total. The fraction of sp³-hybridized carbons (Fsp3) is 0.200. The van der Waals surface area contributed by atoms with Gasteiger partial charge in [0.15, 0.2) is 5.82 Å². The third kappa shape index (κ3) is 2.33. The first-order chi connectivity index (χ1) is 8.52. The highest BCUT2D eigenvalue weighted by Crippen LogP contribution is 2.27. The lowest BCUT2D eigenvalue weighted by atomic mass is 10.2. The van der Waals surface area contributed by atoms with Gasteiger partial charge >= 0.3 is 0 Å². The number of rotatable bonds is 3. The second-order valence-electron chi connectivity index (χ2n) is 3.49. The average Bonchev–Trinajstić information content (AvgIpc) is 2.82. The molecule has 2 rings (SSSR count). The molecule has 0 aliphatic heterocycles. The molecule has 0 aliphatic rings. The Labute approximate surface area is 105 Å². The van der Waals surface area contributed by atoms with E-state index in [-0.39, 0.29) is 22.3 Å². The molecule has 0 aliphatic carbocycles. The van der Waals surface area contributed by atoms with E-state index in [1.807, 2.05) is 0 Å². The maximum Gasteiger partial charge on any atom is 0.261 e. The second-order valence-corrected chi connectivity index (χ2v) is 3.90. The Morgan fingerprint density at radius 3 is 2.78 bits per heavy atom. The summed E-state index contributed by atoms with van der Waals surface area (Å²) in [6.45, 7) is -0.392. The van der Waals surface area contributed by atoms with Gasteiger partial charge in [0.1, 0.15) is 11.6 Å². The SMILES string of the molecule is NC(CO)c1noc(-c2cc(F)c(Cl)cc2F)n1. The van der Waals surface area contributed by atoms with Crippen LogP contribution in [-0.4, -0.2) is 21.9 Å². The summed E-state index contributed by atoms with van der Waals surface area (Å²) in [4.78, 5) is 3.77. The Kier molecular flexibility index (Phi) is 3.55. The van der Waals surface area contributed by atoms with Crippen LogP contribution in [0.5, 0.6) is 0 Å². The Balaban J connectivity index is 2.43. The second kappa shape index (κ2) is 4.97. The minimum absolute atomic E-state index is 0.00209. The van der Waals surface area contributed by atoms with Crippen LogP contribution in [0.1, 0.15) is 11.9 Å². The van der Waals surface area contributed by atoms with Crippen LogP contribution < -0.4 is 5.73 Å². The zero-order chi connectivity index (χ0) is 13.3. The highest BCUT2D eigenvalue weighted by molar-refractivity contribution is 6.30. The molecule has 0 saturated heterocycles. The van der Waals surface area contributed by atoms with Crippen LogP contribution in [0.2, 0.25) is 5.02 Å². The molecule has 1 atom stereocenters. The summed E-state index contributed by atoms with van der Waals surface area (Å²) >= 11 is 5.42. The topological polar surface area (TPSA) is 85.2 Å². The van der Waals surface area contributed by atoms with Crippen molar-refractivity contribution in [2.75, 3.05) is 6.61 Å². The van der Waals surface area contributed by atoms with Crippen molar-refractivity contribution < 1.29 is 18.4 Å². The number of aliphatic hydroxyl groups excluding tert-OH is 1. The third-order valence-corrected chi connectivity index (χ3v) is 2.50. The number of aliphatic hydroxyl groups is 1. The lowest BCUT2D eigenvalue weighted by Crippen LogP contribution is -2.15. The minimum atomic E-state index is -0.845. The lowest BCUT2D eigenvalue weighted by Gasteiger charge is -2.00. The first-order valence-corrected chi connectivity index (χ1v) is 5.25. The molecular weight excluding hydrogens is 268 g/mol. The fourth-order valence-electron chi connectivity index (χ4n) is 1.26. The van der Waals surface area contributed by atoms with Gasteiger partial charge in [0.2, 0.25) is 0 Å². The Hall–Kier alpha value is -1.57. The molecule has 0 fully saturated rings. The molecule has 8 heteroatoms. The lowest BCUT2D eigenvalue weighted by molar-refractivity contribution is 0.260. The van der Waals surface area contributed by atoms with Gasteiger partial charge in [-0.3, -0.25) is 0 Å². The molecule has 96 valence electrons. The summed E-state index contributed by atoms with van der Waals surface area (Å²) in [7, 11) is 0. The van der Waals surface area contributed by atoms with Gasteiger partial charge in [0.05, 0.1) is 23.2 Å². The molecule has 1 aromatic carbocycles. The van der Waals surface area contributed by atoms with E-state index >= 15 is 0 Å². The van der Waals surface area contributed by atoms with Gasteiger partial charge in [-0.25, -0.2) is 8.78 Å². The molecule has 0 bridgehead atoms. The van der Waals surface area contributed by atoms with Crippen molar-refractivity contribution >= 4 is 11.6 Å². The summed E-state index contributed by atoms with van der Waals surface area (Å²) in [5.74, 6) is -1.84. The Bertz CT molecular complexity index is 576. The van der Waals surface area contributed by atoms with E-state index in [4.69, 9.17) is 27.0 Å². The molecule has 0 radical (unpaired) electrons. The van der Waals surface area contributed by atoms with E-state index in [9.17, 15) is 8.78 Å². The van der Waals surface area contributed by atoms with Crippen molar-refractivity contribution in [2.45, 2.75) is 6.04 Å². The number of halogens is 3. The first-order valence-electron chi connectivity index (χ1n) is 4.88. The highest BCUT2D eigenvalue weighted by atomic mass is 35.5. The summed E-state index contributed by atoms with van der Waals surface area (Å²) in [5, 5.41) is 11.9. The Morgan fingerprint density at radius 1 is 1.39 bits per heavy atom. The summed E-state index contributed by atoms with van der Waals surface area (Å²) in [6, 6.07) is 0.810. The fourth-order valence-corrected chi connectivity index (χ4v) is 1.41. The zero-order valence-corrected chi connectivity index (χ0v) is 9.66. The third-order valence-electron chi connectivity index (χ3n) is 2.21. The molecule has 2 aromatic rings. The van der Waals surface area contributed by atoms with Crippen molar-refractivity contribution in [1.29, 1.82) is 0 Å². The predicted molar refractivity (Wildman–Crippen MR) is 58.7 cm³/mol. The number of hydrogen-bond donors (Lipinski definition) is 2. The summed E-state index contributed by atoms with van der Waals surface area (Å²) < 4.78 is 31.5. The maximum atomic E-state index is 13.5. The van der Waals surface area contributed by atoms with Crippen LogP contribution in [0, 0.1) is 11.6 Å². The zero-order valence-electron chi connectivity index (χ0n) is 8.90. The van der Waals surface area contributed by atoms with Gasteiger partial charge in [0.25, 0.3) is 5.89 Å². The van der Waals surface area contributed by atoms with Gasteiger partial charge in [0, 0.05) is 0 Å². The average molecular weight is 276 g/mol. The van der Waals surface area contributed by atoms with Gasteiger partial charge in [-0.15, -0.1) is 0 Å². The number of nitrogens with zero attached hydrogens (tertiary/aromatic N) is 2. The molecule has 0 spiro atoms. The molecule has 3 N–H and O–H groups in total. The van der Waals surface area contributed by atoms with Crippen LogP contribution >= 0.6 is 11.6 Å². The molecule has 1 aromatic heterocycles. The van der Waals surface area contributed by atoms with Gasteiger partial charge < -0.3 is 15.4 Å². The van der Waals surface area contributed by atoms with E-state index in [2.05, 4.69) is 10.1 Å². The van der Waals surface area contributed by atoms with E-state index in [0.717, 1.165) is 12.1 Å². The largest absolute Gasteiger partial charge is 0.394 e. The van der Waals surface area contributed by atoms with Crippen LogP contribution in [0.15, 0.2) is 16.7 Å². The Morgan fingerprint density at radius 2 is 2.11 bits per heavy atom. The van der Waals surface area contributed by atoms with Crippen LogP contribution in [0.25, 0.3) is 11.5 Å². The number of benzene rings is 1. The van der Waals surface area contributed by atoms with Crippen LogP contribution in [0.3, 0.4) is 0 Å². The first kappa shape index (κ1) is 12.9. The molecule has 18 heavy (non-hydrogen) atoms. The normalized spacial score (nSPS) is 12.7. The van der Waals surface area contributed by atoms with E-state index in [1.165, 1.54) is 0 Å². The van der Waals surface area contributed by atoms with Crippen molar-refractivity contribution in [2.24, 2.45) is 5.73 Å². The monoisotopic (exact) mass is 275 g/mol. The van der Waals surface area contributed by atoms with E-state index in [0.29, 0.717) is 0 Å². The van der Waals surface area contributed by atoms with Crippen molar-refractivity contribution in [1.82, 2.24) is 10.1 Å². The predicted octanol–water partition coefficient (Wildman–Crippen LogP) is 1.66.